The number of amides is 3. The van der Waals surface area contributed by atoms with Gasteiger partial charge in [0, 0.05) is 21.8 Å². The zero-order valence-corrected chi connectivity index (χ0v) is 24.0. The standard InChI is InChI=1S/C28H38BrN3O4S/c1-16(2)13-19(15-33)32-24(26(35)31-18-11-7-4-8-12-18)28-14-20(29)23(37-28)21(22(28)27(32)36)25(34)30-17-9-5-3-6-10-17/h3,5-6,9-10,16,18-24,33H,4,7-8,11-15H2,1-2H3,(H,30,34)(H,31,35)/t19-,20?,21+,22+,23+,24?,28?/m1/s1. The maximum Gasteiger partial charge on any atom is 0.244 e. The van der Waals surface area contributed by atoms with Gasteiger partial charge in [0.05, 0.1) is 29.2 Å². The highest BCUT2D eigenvalue weighted by atomic mass is 79.9. The number of aliphatic hydroxyl groups is 1. The molecule has 3 amide bonds. The molecule has 3 aliphatic heterocycles. The molecular weight excluding hydrogens is 554 g/mol. The highest BCUT2D eigenvalue weighted by molar-refractivity contribution is 9.09. The number of thioether (sulfide) groups is 1. The third-order valence-corrected chi connectivity index (χ3v) is 11.8. The van der Waals surface area contributed by atoms with Crippen molar-refractivity contribution in [1.29, 1.82) is 0 Å². The molecule has 0 aromatic heterocycles. The minimum atomic E-state index is -0.701. The zero-order valence-electron chi connectivity index (χ0n) is 21.6. The van der Waals surface area contributed by atoms with Gasteiger partial charge in [0.2, 0.25) is 17.7 Å². The summed E-state index contributed by atoms with van der Waals surface area (Å²) in [6, 6.07) is 8.27. The Bertz CT molecular complexity index is 1020. The average molecular weight is 593 g/mol. The lowest BCUT2D eigenvalue weighted by molar-refractivity contribution is -0.142. The smallest absolute Gasteiger partial charge is 0.244 e. The Morgan fingerprint density at radius 3 is 2.51 bits per heavy atom. The van der Waals surface area contributed by atoms with E-state index < -0.39 is 28.7 Å². The number of fused-ring (bicyclic) bond motifs is 1. The SMILES string of the molecule is CC(C)C[C@H](CO)N1C(=O)[C@@H]2[C@H](C(=O)Nc3ccccc3)[C@H]3SC2(CC3Br)C1C(=O)NC1CCCCC1. The first kappa shape index (κ1) is 27.0. The summed E-state index contributed by atoms with van der Waals surface area (Å²) >= 11 is 5.46. The number of nitrogens with zero attached hydrogens (tertiary/aromatic N) is 1. The van der Waals surface area contributed by atoms with Gasteiger partial charge in [0.1, 0.15) is 6.04 Å². The number of alkyl halides is 1. The zero-order chi connectivity index (χ0) is 26.3. The van der Waals surface area contributed by atoms with Crippen LogP contribution in [0.15, 0.2) is 30.3 Å². The van der Waals surface area contributed by atoms with Gasteiger partial charge in [0.15, 0.2) is 0 Å². The number of benzene rings is 1. The number of para-hydroxylation sites is 1. The van der Waals surface area contributed by atoms with Crippen LogP contribution in [0.2, 0.25) is 0 Å². The molecule has 4 aliphatic rings. The Hall–Kier alpha value is -1.58. The van der Waals surface area contributed by atoms with Crippen LogP contribution in [-0.4, -0.2) is 67.3 Å². The molecule has 3 unspecified atom stereocenters. The van der Waals surface area contributed by atoms with Gasteiger partial charge in [-0.05, 0) is 43.7 Å². The lowest BCUT2D eigenvalue weighted by Crippen LogP contribution is -2.58. The maximum atomic E-state index is 14.3. The molecule has 1 saturated carbocycles. The fourth-order valence-electron chi connectivity index (χ4n) is 7.15. The maximum absolute atomic E-state index is 14.3. The highest BCUT2D eigenvalue weighted by Gasteiger charge is 2.76. The van der Waals surface area contributed by atoms with Crippen molar-refractivity contribution >= 4 is 51.1 Å². The number of hydrogen-bond donors (Lipinski definition) is 3. The van der Waals surface area contributed by atoms with E-state index in [0.29, 0.717) is 18.5 Å². The third kappa shape index (κ3) is 4.84. The predicted octanol–water partition coefficient (Wildman–Crippen LogP) is 3.95. The molecule has 3 saturated heterocycles. The largest absolute Gasteiger partial charge is 0.394 e. The van der Waals surface area contributed by atoms with Crippen molar-refractivity contribution in [3.8, 4) is 0 Å². The Balaban J connectivity index is 1.50. The normalized spacial score (nSPS) is 34.0. The predicted molar refractivity (Wildman–Crippen MR) is 149 cm³/mol. The number of rotatable bonds is 8. The van der Waals surface area contributed by atoms with E-state index in [1.165, 1.54) is 6.42 Å². The number of nitrogens with one attached hydrogen (secondary N) is 2. The first-order valence-electron chi connectivity index (χ1n) is 13.7. The van der Waals surface area contributed by atoms with Crippen molar-refractivity contribution in [3.63, 3.8) is 0 Å². The van der Waals surface area contributed by atoms with Gasteiger partial charge >= 0.3 is 0 Å². The Kier molecular flexibility index (Phi) is 7.95. The van der Waals surface area contributed by atoms with Crippen molar-refractivity contribution in [1.82, 2.24) is 10.2 Å². The molecule has 7 atom stereocenters. The van der Waals surface area contributed by atoms with Crippen LogP contribution < -0.4 is 10.6 Å². The first-order chi connectivity index (χ1) is 17.8. The monoisotopic (exact) mass is 591 g/mol. The van der Waals surface area contributed by atoms with Crippen LogP contribution in [0.25, 0.3) is 0 Å². The molecule has 1 spiro atoms. The fourth-order valence-corrected chi connectivity index (χ4v) is 10.8. The van der Waals surface area contributed by atoms with E-state index in [0.717, 1.165) is 25.7 Å². The summed E-state index contributed by atoms with van der Waals surface area (Å²) in [7, 11) is 0. The van der Waals surface area contributed by atoms with Crippen LogP contribution >= 0.6 is 27.7 Å². The number of anilines is 1. The minimum absolute atomic E-state index is 0.0238. The molecule has 1 aromatic rings. The topological polar surface area (TPSA) is 98.7 Å². The van der Waals surface area contributed by atoms with Crippen LogP contribution in [0, 0.1) is 17.8 Å². The molecule has 5 rings (SSSR count). The van der Waals surface area contributed by atoms with Gasteiger partial charge < -0.3 is 20.6 Å². The van der Waals surface area contributed by atoms with Crippen LogP contribution in [0.4, 0.5) is 5.69 Å². The third-order valence-electron chi connectivity index (χ3n) is 8.62. The van der Waals surface area contributed by atoms with Gasteiger partial charge in [-0.2, -0.15) is 0 Å². The van der Waals surface area contributed by atoms with Crippen molar-refractivity contribution in [2.24, 2.45) is 17.8 Å². The molecule has 202 valence electrons. The molecule has 1 aromatic carbocycles. The molecule has 0 radical (unpaired) electrons. The average Bonchev–Trinajstić information content (AvgIpc) is 3.47. The molecule has 9 heteroatoms. The number of aliphatic hydroxyl groups excluding tert-OH is 1. The van der Waals surface area contributed by atoms with Crippen LogP contribution in [0.5, 0.6) is 0 Å². The summed E-state index contributed by atoms with van der Waals surface area (Å²) in [4.78, 5) is 43.7. The summed E-state index contributed by atoms with van der Waals surface area (Å²) in [5, 5.41) is 16.6. The van der Waals surface area contributed by atoms with E-state index in [9.17, 15) is 19.5 Å². The van der Waals surface area contributed by atoms with E-state index in [-0.39, 0.29) is 46.4 Å². The summed E-state index contributed by atoms with van der Waals surface area (Å²) in [6.07, 6.45) is 6.54. The number of hydrogen-bond acceptors (Lipinski definition) is 5. The summed E-state index contributed by atoms with van der Waals surface area (Å²) in [5.74, 6) is -1.36. The first-order valence-corrected chi connectivity index (χ1v) is 15.5. The Morgan fingerprint density at radius 1 is 1.16 bits per heavy atom. The van der Waals surface area contributed by atoms with Crippen molar-refractivity contribution in [2.75, 3.05) is 11.9 Å². The highest BCUT2D eigenvalue weighted by Crippen LogP contribution is 2.68. The lowest BCUT2D eigenvalue weighted by atomic mass is 9.70. The van der Waals surface area contributed by atoms with Gasteiger partial charge in [-0.15, -0.1) is 11.8 Å². The van der Waals surface area contributed by atoms with E-state index in [2.05, 4.69) is 40.4 Å². The number of likely N-dealkylation sites (tertiary alicyclic amines) is 1. The van der Waals surface area contributed by atoms with Gasteiger partial charge in [-0.3, -0.25) is 14.4 Å². The van der Waals surface area contributed by atoms with Crippen molar-refractivity contribution in [2.45, 2.75) is 91.7 Å². The fraction of sp³-hybridized carbons (Fsp3) is 0.679. The van der Waals surface area contributed by atoms with Gasteiger partial charge in [-0.25, -0.2) is 0 Å². The van der Waals surface area contributed by atoms with Gasteiger partial charge in [-0.1, -0.05) is 67.2 Å². The molecule has 3 heterocycles. The van der Waals surface area contributed by atoms with E-state index >= 15 is 0 Å². The van der Waals surface area contributed by atoms with Crippen LogP contribution in [0.3, 0.4) is 0 Å². The second kappa shape index (κ2) is 10.9. The number of carbonyl (C=O) groups is 3. The summed E-state index contributed by atoms with van der Waals surface area (Å²) in [5.41, 5.74) is 0.697. The Labute approximate surface area is 232 Å². The summed E-state index contributed by atoms with van der Waals surface area (Å²) < 4.78 is -0.697. The molecule has 4 fully saturated rings. The Morgan fingerprint density at radius 2 is 1.86 bits per heavy atom. The quantitative estimate of drug-likeness (QED) is 0.398. The van der Waals surface area contributed by atoms with Crippen molar-refractivity contribution in [3.05, 3.63) is 30.3 Å². The lowest BCUT2D eigenvalue weighted by Gasteiger charge is -2.39. The van der Waals surface area contributed by atoms with Gasteiger partial charge in [0.25, 0.3) is 0 Å². The van der Waals surface area contributed by atoms with E-state index in [1.54, 1.807) is 16.7 Å². The molecular formula is C28H38BrN3O4S. The molecule has 1 aliphatic carbocycles. The second-order valence-electron chi connectivity index (χ2n) is 11.6. The molecule has 3 N–H and O–H groups in total. The number of carbonyl (C=O) groups excluding carboxylic acids is 3. The molecule has 2 bridgehead atoms. The molecule has 37 heavy (non-hydrogen) atoms. The minimum Gasteiger partial charge on any atom is -0.394 e. The molecule has 7 nitrogen and oxygen atoms in total. The van der Waals surface area contributed by atoms with E-state index in [1.807, 2.05) is 30.3 Å². The van der Waals surface area contributed by atoms with Crippen LogP contribution in [-0.2, 0) is 14.4 Å². The van der Waals surface area contributed by atoms with Crippen molar-refractivity contribution < 1.29 is 19.5 Å². The summed E-state index contributed by atoms with van der Waals surface area (Å²) in [6.45, 7) is 3.92. The second-order valence-corrected chi connectivity index (χ2v) is 14.3. The van der Waals surface area contributed by atoms with Crippen LogP contribution in [0.1, 0.15) is 58.8 Å². The van der Waals surface area contributed by atoms with E-state index in [4.69, 9.17) is 0 Å². The number of halogens is 1.